The van der Waals surface area contributed by atoms with Gasteiger partial charge in [0.2, 0.25) is 0 Å². The van der Waals surface area contributed by atoms with Crippen molar-refractivity contribution in [2.24, 2.45) is 0 Å². The van der Waals surface area contributed by atoms with Gasteiger partial charge in [0.15, 0.2) is 0 Å². The predicted octanol–water partition coefficient (Wildman–Crippen LogP) is 4.58. The summed E-state index contributed by atoms with van der Waals surface area (Å²) in [6, 6.07) is 16.2. The van der Waals surface area contributed by atoms with Gasteiger partial charge in [-0.25, -0.2) is 0 Å². The highest BCUT2D eigenvalue weighted by atomic mass is 32.2. The Kier molecular flexibility index (Phi) is 7.28. The molecule has 0 saturated carbocycles. The summed E-state index contributed by atoms with van der Waals surface area (Å²) in [7, 11) is -3.95. The molecule has 0 aliphatic carbocycles. The van der Waals surface area contributed by atoms with Gasteiger partial charge in [-0.15, -0.1) is 18.3 Å². The van der Waals surface area contributed by atoms with Crippen molar-refractivity contribution >= 4 is 21.9 Å². The van der Waals surface area contributed by atoms with Gasteiger partial charge in [-0.1, -0.05) is 42.0 Å². The number of benzene rings is 2. The SMILES string of the molecule is C=CC(C[C@](C)(O)[C@@H](C)OS(=O)(=O)c1ccc(C)cc1)Sc1ccccc1. The van der Waals surface area contributed by atoms with E-state index in [9.17, 15) is 13.5 Å². The van der Waals surface area contributed by atoms with Crippen LogP contribution in [0.5, 0.6) is 0 Å². The molecule has 27 heavy (non-hydrogen) atoms. The van der Waals surface area contributed by atoms with E-state index in [0.717, 1.165) is 10.5 Å². The minimum absolute atomic E-state index is 0.0784. The van der Waals surface area contributed by atoms with E-state index in [1.54, 1.807) is 43.8 Å². The smallest absolute Gasteiger partial charge is 0.297 e. The first kappa shape index (κ1) is 21.7. The summed E-state index contributed by atoms with van der Waals surface area (Å²) in [4.78, 5) is 1.13. The molecule has 0 amide bonds. The van der Waals surface area contributed by atoms with Crippen LogP contribution in [0.3, 0.4) is 0 Å². The Bertz CT molecular complexity index is 844. The molecular weight excluding hydrogens is 380 g/mol. The van der Waals surface area contributed by atoms with E-state index in [0.29, 0.717) is 6.42 Å². The molecule has 1 unspecified atom stereocenters. The van der Waals surface area contributed by atoms with Crippen LogP contribution in [-0.2, 0) is 14.3 Å². The summed E-state index contributed by atoms with van der Waals surface area (Å²) in [5, 5.41) is 10.8. The van der Waals surface area contributed by atoms with Crippen LogP contribution in [0.4, 0.5) is 0 Å². The average Bonchev–Trinajstić information content (AvgIpc) is 2.61. The Balaban J connectivity index is 2.07. The van der Waals surface area contributed by atoms with Gasteiger partial charge in [0.05, 0.1) is 10.5 Å². The van der Waals surface area contributed by atoms with E-state index < -0.39 is 21.8 Å². The van der Waals surface area contributed by atoms with Crippen LogP contribution in [0.15, 0.2) is 77.0 Å². The van der Waals surface area contributed by atoms with E-state index in [4.69, 9.17) is 4.18 Å². The van der Waals surface area contributed by atoms with Crippen molar-refractivity contribution in [2.45, 2.75) is 53.9 Å². The van der Waals surface area contributed by atoms with Crippen molar-refractivity contribution < 1.29 is 17.7 Å². The first-order valence-corrected chi connectivity index (χ1v) is 11.0. The summed E-state index contributed by atoms with van der Waals surface area (Å²) in [5.41, 5.74) is -0.390. The summed E-state index contributed by atoms with van der Waals surface area (Å²) in [6.07, 6.45) is 1.15. The van der Waals surface area contributed by atoms with Crippen LogP contribution in [0, 0.1) is 6.92 Å². The summed E-state index contributed by atoms with van der Waals surface area (Å²) < 4.78 is 30.3. The second-order valence-corrected chi connectivity index (χ2v) is 9.66. The normalized spacial score (nSPS) is 16.3. The first-order valence-electron chi connectivity index (χ1n) is 8.70. The third-order valence-electron chi connectivity index (χ3n) is 4.36. The molecule has 0 fully saturated rings. The maximum absolute atomic E-state index is 12.5. The topological polar surface area (TPSA) is 63.6 Å². The Morgan fingerprint density at radius 1 is 1.19 bits per heavy atom. The lowest BCUT2D eigenvalue weighted by atomic mass is 9.94. The first-order chi connectivity index (χ1) is 12.6. The van der Waals surface area contributed by atoms with Crippen LogP contribution in [0.25, 0.3) is 0 Å². The van der Waals surface area contributed by atoms with Gasteiger partial charge < -0.3 is 5.11 Å². The zero-order chi connectivity index (χ0) is 20.1. The highest BCUT2D eigenvalue weighted by Gasteiger charge is 2.35. The molecule has 2 rings (SSSR count). The molecule has 0 bridgehead atoms. The van der Waals surface area contributed by atoms with Gasteiger partial charge in [0.25, 0.3) is 10.1 Å². The van der Waals surface area contributed by atoms with E-state index in [2.05, 4.69) is 6.58 Å². The number of aliphatic hydroxyl groups is 1. The van der Waals surface area contributed by atoms with Crippen molar-refractivity contribution in [1.29, 1.82) is 0 Å². The van der Waals surface area contributed by atoms with Crippen LogP contribution >= 0.6 is 11.8 Å². The monoisotopic (exact) mass is 406 g/mol. The number of thioether (sulfide) groups is 1. The molecule has 6 heteroatoms. The lowest BCUT2D eigenvalue weighted by molar-refractivity contribution is -0.0407. The Morgan fingerprint density at radius 2 is 1.78 bits per heavy atom. The molecule has 0 saturated heterocycles. The van der Waals surface area contributed by atoms with Crippen LogP contribution in [0.1, 0.15) is 25.8 Å². The van der Waals surface area contributed by atoms with Gasteiger partial charge in [-0.3, -0.25) is 4.18 Å². The fourth-order valence-electron chi connectivity index (χ4n) is 2.47. The standard InChI is InChI=1S/C21H26O4S2/c1-5-18(26-19-9-7-6-8-10-19)15-21(4,22)17(3)25-27(23,24)20-13-11-16(2)12-14-20/h5-14,17-18,22H,1,15H2,2-4H3/t17-,18?,21+/m1/s1. The van der Waals surface area contributed by atoms with Crippen molar-refractivity contribution in [3.63, 3.8) is 0 Å². The van der Waals surface area contributed by atoms with Crippen molar-refractivity contribution in [3.8, 4) is 0 Å². The molecule has 0 spiro atoms. The van der Waals surface area contributed by atoms with E-state index in [1.807, 2.05) is 37.3 Å². The fourth-order valence-corrected chi connectivity index (χ4v) is 4.82. The number of hydrogen-bond donors (Lipinski definition) is 1. The fraction of sp³-hybridized carbons (Fsp3) is 0.333. The minimum Gasteiger partial charge on any atom is -0.387 e. The Labute approximate surface area is 166 Å². The van der Waals surface area contributed by atoms with Crippen molar-refractivity contribution in [2.75, 3.05) is 0 Å². The summed E-state index contributed by atoms with van der Waals surface area (Å²) >= 11 is 1.57. The molecule has 2 aromatic rings. The van der Waals surface area contributed by atoms with Crippen molar-refractivity contribution in [1.82, 2.24) is 0 Å². The zero-order valence-electron chi connectivity index (χ0n) is 15.8. The molecule has 0 heterocycles. The van der Waals surface area contributed by atoms with Crippen LogP contribution < -0.4 is 0 Å². The van der Waals surface area contributed by atoms with Crippen LogP contribution in [-0.4, -0.2) is 30.5 Å². The maximum atomic E-state index is 12.5. The molecular formula is C21H26O4S2. The van der Waals surface area contributed by atoms with Crippen molar-refractivity contribution in [3.05, 3.63) is 72.8 Å². The Morgan fingerprint density at radius 3 is 2.33 bits per heavy atom. The van der Waals surface area contributed by atoms with Gasteiger partial charge in [0.1, 0.15) is 6.10 Å². The summed E-state index contributed by atoms with van der Waals surface area (Å²) in [6.45, 7) is 8.88. The average molecular weight is 407 g/mol. The van der Waals surface area contributed by atoms with Gasteiger partial charge in [-0.2, -0.15) is 8.42 Å². The van der Waals surface area contributed by atoms with Crippen LogP contribution in [0.2, 0.25) is 0 Å². The minimum atomic E-state index is -3.95. The molecule has 4 nitrogen and oxygen atoms in total. The van der Waals surface area contributed by atoms with E-state index in [-0.39, 0.29) is 10.1 Å². The second-order valence-electron chi connectivity index (χ2n) is 6.77. The van der Waals surface area contributed by atoms with Gasteiger partial charge >= 0.3 is 0 Å². The predicted molar refractivity (Wildman–Crippen MR) is 110 cm³/mol. The number of hydrogen-bond acceptors (Lipinski definition) is 5. The third kappa shape index (κ3) is 6.21. The van der Waals surface area contributed by atoms with E-state index in [1.165, 1.54) is 12.1 Å². The number of rotatable bonds is 9. The third-order valence-corrected chi connectivity index (χ3v) is 6.96. The van der Waals surface area contributed by atoms with Gasteiger partial charge in [-0.05, 0) is 51.5 Å². The Hall–Kier alpha value is -1.60. The molecule has 1 N–H and O–H groups in total. The molecule has 2 aromatic carbocycles. The molecule has 0 aliphatic heterocycles. The zero-order valence-corrected chi connectivity index (χ0v) is 17.5. The molecule has 0 aliphatic rings. The quantitative estimate of drug-likeness (QED) is 0.375. The highest BCUT2D eigenvalue weighted by Crippen LogP contribution is 2.32. The number of aryl methyl sites for hydroxylation is 1. The van der Waals surface area contributed by atoms with E-state index >= 15 is 0 Å². The second kappa shape index (κ2) is 9.06. The largest absolute Gasteiger partial charge is 0.387 e. The summed E-state index contributed by atoms with van der Waals surface area (Å²) in [5.74, 6) is 0. The molecule has 0 aromatic heterocycles. The maximum Gasteiger partial charge on any atom is 0.297 e. The molecule has 0 radical (unpaired) electrons. The molecule has 146 valence electrons. The lowest BCUT2D eigenvalue weighted by Crippen LogP contribution is -2.42. The molecule has 3 atom stereocenters. The lowest BCUT2D eigenvalue weighted by Gasteiger charge is -2.32. The van der Waals surface area contributed by atoms with Gasteiger partial charge in [0, 0.05) is 10.1 Å². The highest BCUT2D eigenvalue weighted by molar-refractivity contribution is 8.00.